The number of likely N-dealkylation sites (N-methyl/N-ethyl adjacent to an activating group) is 1. The summed E-state index contributed by atoms with van der Waals surface area (Å²) in [5.41, 5.74) is -2.19. The molecule has 0 radical (unpaired) electrons. The van der Waals surface area contributed by atoms with Crippen LogP contribution in [0.25, 0.3) is 22.0 Å². The van der Waals surface area contributed by atoms with Crippen molar-refractivity contribution < 1.29 is 77.9 Å². The van der Waals surface area contributed by atoms with Crippen LogP contribution >= 0.6 is 46.4 Å². The number of aromatic nitrogens is 1. The zero-order chi connectivity index (χ0) is 65.5. The van der Waals surface area contributed by atoms with E-state index >= 15 is 19.2 Å². The molecule has 0 unspecified atom stereocenters. The number of fused-ring (bicyclic) bond motifs is 15. The number of benzene rings is 6. The third-order valence-electron chi connectivity index (χ3n) is 14.7. The van der Waals surface area contributed by atoms with Crippen LogP contribution in [0.1, 0.15) is 90.0 Å². The number of halogens is 4. The van der Waals surface area contributed by atoms with E-state index < -0.39 is 162 Å². The van der Waals surface area contributed by atoms with Crippen molar-refractivity contribution in [2.75, 3.05) is 14.2 Å². The standard InChI is InChI=1S/C61H54Cl4N8O17/c1-26(74)72-25-33-22-41(66-60(85)90-61(2,3)4)54(79)67-48(31-18-37(62)52(77)38(63)19-31)56(81)68-47-30-17-36(29-10-13-35(33)42(72)23-29)51(76)46(24-30)89-45-14-7-27(15-43(45)73(86)87)16-44(55(80)70-50(59(84)88-6)28-8-11-34(75)12-9-28)71(5)58(83)49(69-57(47)82)32-20-39(64)53(78)40(65)21-32/h7-15,17-21,23-25,41,44,47-50,75-78H,16,22H2,1-6H3,(H,66,85)(H,67,79)(H,68,81)(H,69,82)(H,70,80)/t41-,44+,47-,48-,49-,50-/m1/s1. The quantitative estimate of drug-likeness (QED) is 0.0389. The molecule has 1 aromatic heterocycles. The molecule has 9 bridgehead atoms. The van der Waals surface area contributed by atoms with Gasteiger partial charge < -0.3 is 66.1 Å². The molecule has 29 heteroatoms. The molecule has 6 atom stereocenters. The Morgan fingerprint density at radius 3 is 1.86 bits per heavy atom. The highest BCUT2D eigenvalue weighted by molar-refractivity contribution is 6.38. The molecule has 6 aromatic carbocycles. The van der Waals surface area contributed by atoms with Gasteiger partial charge in [0.15, 0.2) is 29.0 Å². The third kappa shape index (κ3) is 13.6. The summed E-state index contributed by atoms with van der Waals surface area (Å²) >= 11 is 25.9. The van der Waals surface area contributed by atoms with E-state index in [4.69, 9.17) is 60.6 Å². The highest BCUT2D eigenvalue weighted by atomic mass is 35.5. The van der Waals surface area contributed by atoms with E-state index in [1.807, 2.05) is 0 Å². The number of nitrogens with zero attached hydrogens (tertiary/aromatic N) is 3. The lowest BCUT2D eigenvalue weighted by Crippen LogP contribution is -2.54. The van der Waals surface area contributed by atoms with Gasteiger partial charge >= 0.3 is 17.7 Å². The van der Waals surface area contributed by atoms with Crippen LogP contribution in [-0.4, -0.2) is 114 Å². The molecule has 5 heterocycles. The number of rotatable bonds is 8. The number of nitro groups is 1. The first-order valence-corrected chi connectivity index (χ1v) is 28.6. The van der Waals surface area contributed by atoms with E-state index in [-0.39, 0.29) is 50.2 Å². The molecule has 0 spiro atoms. The number of phenols is 4. The molecule has 90 heavy (non-hydrogen) atoms. The molecule has 25 nitrogen and oxygen atoms in total. The molecular weight excluding hydrogens is 1260 g/mol. The van der Waals surface area contributed by atoms with Crippen molar-refractivity contribution in [3.63, 3.8) is 0 Å². The zero-order valence-corrected chi connectivity index (χ0v) is 51.2. The lowest BCUT2D eigenvalue weighted by molar-refractivity contribution is -0.385. The Balaban J connectivity index is 1.31. The first kappa shape index (κ1) is 64.6. The minimum Gasteiger partial charge on any atom is -0.508 e. The number of methoxy groups -OCH3 is 1. The number of carbonyl (C=O) groups excluding carboxylic acids is 8. The number of hydrogen-bond acceptors (Lipinski definition) is 17. The fraction of sp³-hybridized carbons (Fsp3) is 0.246. The van der Waals surface area contributed by atoms with Crippen LogP contribution < -0.4 is 31.3 Å². The van der Waals surface area contributed by atoms with Gasteiger partial charge in [-0.15, -0.1) is 0 Å². The highest BCUT2D eigenvalue weighted by Crippen LogP contribution is 2.46. The number of carbonyl (C=O) groups is 8. The smallest absolute Gasteiger partial charge is 0.408 e. The van der Waals surface area contributed by atoms with Crippen molar-refractivity contribution in [2.45, 2.75) is 82.4 Å². The molecule has 0 saturated carbocycles. The second-order valence-electron chi connectivity index (χ2n) is 22.0. The number of nitro benzene ring substituents is 1. The van der Waals surface area contributed by atoms with E-state index in [2.05, 4.69) is 26.6 Å². The van der Waals surface area contributed by atoms with Gasteiger partial charge in [0.1, 0.15) is 41.6 Å². The van der Waals surface area contributed by atoms with Crippen LogP contribution in [-0.2, 0) is 51.1 Å². The maximum Gasteiger partial charge on any atom is 0.408 e. The van der Waals surface area contributed by atoms with Crippen molar-refractivity contribution >= 4 is 110 Å². The summed E-state index contributed by atoms with van der Waals surface area (Å²) in [5.74, 6) is -10.8. The second-order valence-corrected chi connectivity index (χ2v) is 23.6. The van der Waals surface area contributed by atoms with Gasteiger partial charge in [-0.1, -0.05) is 76.7 Å². The minimum absolute atomic E-state index is 0.0111. The van der Waals surface area contributed by atoms with E-state index in [1.165, 1.54) is 72.3 Å². The number of amides is 6. The number of aromatic hydroxyl groups is 4. The first-order chi connectivity index (χ1) is 42.4. The van der Waals surface area contributed by atoms with Crippen LogP contribution in [0.3, 0.4) is 0 Å². The Morgan fingerprint density at radius 1 is 0.722 bits per heavy atom. The van der Waals surface area contributed by atoms with Gasteiger partial charge in [-0.3, -0.25) is 43.4 Å². The Labute approximate surface area is 530 Å². The van der Waals surface area contributed by atoms with Crippen molar-refractivity contribution in [3.8, 4) is 45.6 Å². The molecule has 7 aromatic rings. The van der Waals surface area contributed by atoms with Gasteiger partial charge in [0.25, 0.3) is 0 Å². The Kier molecular flexibility index (Phi) is 18.5. The van der Waals surface area contributed by atoms with E-state index in [1.54, 1.807) is 20.8 Å². The predicted molar refractivity (Wildman–Crippen MR) is 326 cm³/mol. The summed E-state index contributed by atoms with van der Waals surface area (Å²) in [6, 6.07) is 8.23. The van der Waals surface area contributed by atoms with E-state index in [0.717, 1.165) is 61.5 Å². The third-order valence-corrected chi connectivity index (χ3v) is 15.9. The van der Waals surface area contributed by atoms with Gasteiger partial charge in [-0.2, -0.15) is 0 Å². The minimum atomic E-state index is -2.18. The highest BCUT2D eigenvalue weighted by Gasteiger charge is 2.41. The summed E-state index contributed by atoms with van der Waals surface area (Å²) < 4.78 is 18.0. The second kappa shape index (κ2) is 25.7. The van der Waals surface area contributed by atoms with Crippen LogP contribution in [0, 0.1) is 10.1 Å². The molecule has 6 amide bonds. The average molecular weight is 1310 g/mol. The monoisotopic (exact) mass is 1310 g/mol. The molecule has 9 N–H and O–H groups in total. The summed E-state index contributed by atoms with van der Waals surface area (Å²) in [4.78, 5) is 131. The SMILES string of the molecule is COC(=O)[C@H](NC(=O)[C@@H]1Cc2ccc(c([N+](=O)[O-])c2)Oc2cc3cc(c2O)-c2ccc4c(cn(C(C)=O)c4c2)C[C@@H](NC(=O)OC(C)(C)C)C(=O)N[C@H](c2cc(Cl)c(O)c(Cl)c2)C(=O)N[C@H]3C(=O)N[C@H](c2cc(Cl)c(O)c(Cl)c2)C(=O)N1C)c1ccc(O)cc1. The van der Waals surface area contributed by atoms with Gasteiger partial charge in [0.2, 0.25) is 41.2 Å². The normalized spacial score (nSPS) is 18.3. The summed E-state index contributed by atoms with van der Waals surface area (Å²) in [6.45, 7) is 5.95. The summed E-state index contributed by atoms with van der Waals surface area (Å²) in [6.07, 6.45) is -0.651. The van der Waals surface area contributed by atoms with Gasteiger partial charge in [-0.25, -0.2) is 9.59 Å². The zero-order valence-electron chi connectivity index (χ0n) is 48.1. The molecule has 0 saturated heterocycles. The molecule has 0 aliphatic carbocycles. The average Bonchev–Trinajstić information content (AvgIpc) is 1.49. The number of hydrogen-bond donors (Lipinski definition) is 9. The molecule has 4 aliphatic rings. The summed E-state index contributed by atoms with van der Waals surface area (Å²) in [7, 11) is 2.16. The number of esters is 1. The Bertz CT molecular complexity index is 4110. The summed E-state index contributed by atoms with van der Waals surface area (Å²) in [5, 5.41) is 68.7. The number of nitrogens with one attached hydrogen (secondary N) is 5. The lowest BCUT2D eigenvalue weighted by atomic mass is 9.94. The van der Waals surface area contributed by atoms with Gasteiger partial charge in [0, 0.05) is 50.0 Å². The van der Waals surface area contributed by atoms with Crippen LogP contribution in [0.5, 0.6) is 34.5 Å². The largest absolute Gasteiger partial charge is 0.508 e. The first-order valence-electron chi connectivity index (χ1n) is 27.1. The molecular formula is C61H54Cl4N8O17. The lowest BCUT2D eigenvalue weighted by Gasteiger charge is -2.33. The Hall–Kier alpha value is -9.82. The van der Waals surface area contributed by atoms with Crippen LogP contribution in [0.15, 0.2) is 103 Å². The number of phenolic OH excluding ortho intramolecular Hbond substituents is 4. The molecule has 4 aliphatic heterocycles. The maximum absolute atomic E-state index is 15.9. The number of ether oxygens (including phenoxy) is 3. The van der Waals surface area contributed by atoms with Crippen molar-refractivity contribution in [1.29, 1.82) is 0 Å². The molecule has 0 fully saturated rings. The molecule has 468 valence electrons. The van der Waals surface area contributed by atoms with Crippen molar-refractivity contribution in [1.82, 2.24) is 36.1 Å². The van der Waals surface area contributed by atoms with Gasteiger partial charge in [0.05, 0.1) is 37.6 Å². The van der Waals surface area contributed by atoms with Crippen molar-refractivity contribution in [3.05, 3.63) is 167 Å². The predicted octanol–water partition coefficient (Wildman–Crippen LogP) is 8.84. The molecule has 11 rings (SSSR count). The topological polar surface area (TPSA) is 357 Å². The fourth-order valence-electron chi connectivity index (χ4n) is 10.3. The van der Waals surface area contributed by atoms with E-state index in [9.17, 15) is 49.7 Å². The maximum atomic E-state index is 15.9. The van der Waals surface area contributed by atoms with Crippen LogP contribution in [0.2, 0.25) is 20.1 Å². The van der Waals surface area contributed by atoms with Gasteiger partial charge in [-0.05, 0) is 120 Å². The van der Waals surface area contributed by atoms with Crippen molar-refractivity contribution in [2.24, 2.45) is 0 Å². The number of alkyl carbamates (subject to hydrolysis) is 1. The van der Waals surface area contributed by atoms with E-state index in [0.29, 0.717) is 10.9 Å². The van der Waals surface area contributed by atoms with Crippen LogP contribution in [0.4, 0.5) is 10.5 Å². The Morgan fingerprint density at radius 2 is 1.29 bits per heavy atom. The fourth-order valence-corrected chi connectivity index (χ4v) is 11.3.